The van der Waals surface area contributed by atoms with Gasteiger partial charge in [0, 0.05) is 4.88 Å². The third kappa shape index (κ3) is 5.03. The van der Waals surface area contributed by atoms with Crippen LogP contribution in [0.2, 0.25) is 0 Å². The Morgan fingerprint density at radius 1 is 1.08 bits per heavy atom. The normalized spacial score (nSPS) is 10.6. The second kappa shape index (κ2) is 8.44. The minimum atomic E-state index is -0.113. The summed E-state index contributed by atoms with van der Waals surface area (Å²) >= 11 is 1.55. The first-order chi connectivity index (χ1) is 12.6. The van der Waals surface area contributed by atoms with E-state index in [1.54, 1.807) is 23.5 Å². The second-order valence-electron chi connectivity index (χ2n) is 5.90. The molecule has 0 aliphatic rings. The molecule has 0 saturated heterocycles. The zero-order chi connectivity index (χ0) is 18.4. The number of benzene rings is 1. The van der Waals surface area contributed by atoms with Crippen molar-refractivity contribution < 1.29 is 9.53 Å². The van der Waals surface area contributed by atoms with E-state index < -0.39 is 0 Å². The molecule has 0 saturated carbocycles. The molecule has 0 radical (unpaired) electrons. The summed E-state index contributed by atoms with van der Waals surface area (Å²) in [5, 5.41) is 16.1. The van der Waals surface area contributed by atoms with Gasteiger partial charge in [0.15, 0.2) is 11.6 Å². The van der Waals surface area contributed by atoms with E-state index in [0.29, 0.717) is 18.1 Å². The lowest BCUT2D eigenvalue weighted by Crippen LogP contribution is -2.15. The number of carbonyl (C=O) groups is 1. The van der Waals surface area contributed by atoms with Crippen LogP contribution in [0.3, 0.4) is 0 Å². The molecule has 2 aromatic heterocycles. The van der Waals surface area contributed by atoms with Gasteiger partial charge in [0.25, 0.3) is 0 Å². The molecule has 1 aromatic carbocycles. The summed E-state index contributed by atoms with van der Waals surface area (Å²) in [7, 11) is 0. The van der Waals surface area contributed by atoms with E-state index in [9.17, 15) is 4.79 Å². The average molecular weight is 368 g/mol. The third-order valence-electron chi connectivity index (χ3n) is 3.36. The van der Waals surface area contributed by atoms with Crippen molar-refractivity contribution in [1.82, 2.24) is 10.2 Å². The third-order valence-corrected chi connectivity index (χ3v) is 4.24. The molecular weight excluding hydrogens is 348 g/mol. The number of hydrogen-bond acceptors (Lipinski definition) is 6. The Balaban J connectivity index is 1.62. The zero-order valence-electron chi connectivity index (χ0n) is 14.6. The predicted octanol–water partition coefficient (Wildman–Crippen LogP) is 4.25. The number of thiophene rings is 1. The van der Waals surface area contributed by atoms with Crippen molar-refractivity contribution >= 4 is 34.6 Å². The maximum absolute atomic E-state index is 12.0. The van der Waals surface area contributed by atoms with Gasteiger partial charge in [-0.3, -0.25) is 4.79 Å². The van der Waals surface area contributed by atoms with E-state index in [2.05, 4.69) is 20.8 Å². The summed E-state index contributed by atoms with van der Waals surface area (Å²) in [6.07, 6.45) is 0.407. The minimum absolute atomic E-state index is 0.0740. The molecule has 0 aliphatic carbocycles. The standard InChI is InChI=1S/C19H20N4O2S/c1-13(2)25-16-8-4-3-7-15(16)20-17-9-10-18(23-22-17)21-19(24)12-14-6-5-11-26-14/h3-11,13H,12H2,1-2H3,(H,20,22)(H,21,23,24). The fourth-order valence-electron chi connectivity index (χ4n) is 2.29. The fourth-order valence-corrected chi connectivity index (χ4v) is 2.99. The van der Waals surface area contributed by atoms with Gasteiger partial charge in [-0.1, -0.05) is 18.2 Å². The minimum Gasteiger partial charge on any atom is -0.489 e. The van der Waals surface area contributed by atoms with Gasteiger partial charge in [-0.2, -0.15) is 0 Å². The largest absolute Gasteiger partial charge is 0.489 e. The van der Waals surface area contributed by atoms with Crippen molar-refractivity contribution in [3.8, 4) is 5.75 Å². The summed E-state index contributed by atoms with van der Waals surface area (Å²) in [5.41, 5.74) is 0.810. The number of hydrogen-bond donors (Lipinski definition) is 2. The molecule has 3 aromatic rings. The van der Waals surface area contributed by atoms with Crippen molar-refractivity contribution in [2.24, 2.45) is 0 Å². The number of amides is 1. The number of carbonyl (C=O) groups excluding carboxylic acids is 1. The summed E-state index contributed by atoms with van der Waals surface area (Å²) in [6.45, 7) is 3.95. The van der Waals surface area contributed by atoms with Crippen LogP contribution < -0.4 is 15.4 Å². The van der Waals surface area contributed by atoms with Gasteiger partial charge >= 0.3 is 0 Å². The maximum atomic E-state index is 12.0. The molecule has 1 amide bonds. The van der Waals surface area contributed by atoms with Gasteiger partial charge in [0.1, 0.15) is 5.75 Å². The van der Waals surface area contributed by atoms with Crippen molar-refractivity contribution in [3.05, 3.63) is 58.8 Å². The van der Waals surface area contributed by atoms with Crippen LogP contribution in [0.25, 0.3) is 0 Å². The highest BCUT2D eigenvalue weighted by Crippen LogP contribution is 2.27. The van der Waals surface area contributed by atoms with E-state index in [-0.39, 0.29) is 12.0 Å². The highest BCUT2D eigenvalue weighted by Gasteiger charge is 2.08. The van der Waals surface area contributed by atoms with Gasteiger partial charge in [-0.15, -0.1) is 21.5 Å². The first kappa shape index (κ1) is 17.9. The molecule has 7 heteroatoms. The zero-order valence-corrected chi connectivity index (χ0v) is 15.4. The molecule has 26 heavy (non-hydrogen) atoms. The molecule has 2 heterocycles. The highest BCUT2D eigenvalue weighted by molar-refractivity contribution is 7.10. The Morgan fingerprint density at radius 3 is 2.54 bits per heavy atom. The van der Waals surface area contributed by atoms with E-state index in [4.69, 9.17) is 4.74 Å². The van der Waals surface area contributed by atoms with Crippen LogP contribution in [-0.4, -0.2) is 22.2 Å². The van der Waals surface area contributed by atoms with Crippen LogP contribution in [0.5, 0.6) is 5.75 Å². The molecule has 3 rings (SSSR count). The second-order valence-corrected chi connectivity index (χ2v) is 6.93. The van der Waals surface area contributed by atoms with Crippen LogP contribution in [0.4, 0.5) is 17.3 Å². The van der Waals surface area contributed by atoms with E-state index >= 15 is 0 Å². The molecular formula is C19H20N4O2S. The van der Waals surface area contributed by atoms with Gasteiger partial charge in [-0.05, 0) is 49.6 Å². The Labute approximate surface area is 156 Å². The van der Waals surface area contributed by atoms with Crippen LogP contribution in [0, 0.1) is 0 Å². The van der Waals surface area contributed by atoms with Crippen LogP contribution >= 0.6 is 11.3 Å². The SMILES string of the molecule is CC(C)Oc1ccccc1Nc1ccc(NC(=O)Cc2cccs2)nn1. The smallest absolute Gasteiger partial charge is 0.230 e. The molecule has 0 spiro atoms. The number of para-hydroxylation sites is 2. The molecule has 0 aliphatic heterocycles. The molecule has 0 fully saturated rings. The van der Waals surface area contributed by atoms with Crippen molar-refractivity contribution in [1.29, 1.82) is 0 Å². The quantitative estimate of drug-likeness (QED) is 0.652. The van der Waals surface area contributed by atoms with Gasteiger partial charge in [0.2, 0.25) is 5.91 Å². The Bertz CT molecular complexity index is 848. The van der Waals surface area contributed by atoms with Crippen LogP contribution in [-0.2, 0) is 11.2 Å². The molecule has 0 atom stereocenters. The summed E-state index contributed by atoms with van der Waals surface area (Å²) < 4.78 is 5.78. The lowest BCUT2D eigenvalue weighted by molar-refractivity contribution is -0.115. The van der Waals surface area contributed by atoms with Crippen molar-refractivity contribution in [2.45, 2.75) is 26.4 Å². The lowest BCUT2D eigenvalue weighted by atomic mass is 10.3. The molecule has 134 valence electrons. The molecule has 0 bridgehead atoms. The lowest BCUT2D eigenvalue weighted by Gasteiger charge is -2.14. The number of anilines is 3. The number of nitrogens with one attached hydrogen (secondary N) is 2. The first-order valence-electron chi connectivity index (χ1n) is 8.29. The first-order valence-corrected chi connectivity index (χ1v) is 9.17. The average Bonchev–Trinajstić information content (AvgIpc) is 3.11. The van der Waals surface area contributed by atoms with E-state index in [0.717, 1.165) is 16.3 Å². The van der Waals surface area contributed by atoms with Crippen molar-refractivity contribution in [3.63, 3.8) is 0 Å². The Morgan fingerprint density at radius 2 is 1.85 bits per heavy atom. The van der Waals surface area contributed by atoms with E-state index in [1.807, 2.05) is 55.6 Å². The number of ether oxygens (including phenoxy) is 1. The van der Waals surface area contributed by atoms with Gasteiger partial charge in [0.05, 0.1) is 18.2 Å². The Kier molecular flexibility index (Phi) is 5.80. The maximum Gasteiger partial charge on any atom is 0.230 e. The molecule has 6 nitrogen and oxygen atoms in total. The highest BCUT2D eigenvalue weighted by atomic mass is 32.1. The van der Waals surface area contributed by atoms with Gasteiger partial charge < -0.3 is 15.4 Å². The Hall–Kier alpha value is -2.93. The monoisotopic (exact) mass is 368 g/mol. The van der Waals surface area contributed by atoms with Crippen molar-refractivity contribution in [2.75, 3.05) is 10.6 Å². The fraction of sp³-hybridized carbons (Fsp3) is 0.211. The van der Waals surface area contributed by atoms with E-state index in [1.165, 1.54) is 0 Å². The topological polar surface area (TPSA) is 76.1 Å². The number of nitrogens with zero attached hydrogens (tertiary/aromatic N) is 2. The molecule has 2 N–H and O–H groups in total. The summed E-state index contributed by atoms with van der Waals surface area (Å²) in [6, 6.07) is 15.0. The van der Waals surface area contributed by atoms with Crippen LogP contribution in [0.1, 0.15) is 18.7 Å². The summed E-state index contributed by atoms with van der Waals surface area (Å²) in [4.78, 5) is 13.0. The van der Waals surface area contributed by atoms with Crippen LogP contribution in [0.15, 0.2) is 53.9 Å². The molecule has 0 unspecified atom stereocenters. The number of rotatable bonds is 7. The predicted molar refractivity (Wildman–Crippen MR) is 104 cm³/mol. The summed E-state index contributed by atoms with van der Waals surface area (Å²) in [5.74, 6) is 1.63. The number of aromatic nitrogens is 2. The van der Waals surface area contributed by atoms with Gasteiger partial charge in [-0.25, -0.2) is 0 Å².